The molecule has 0 aliphatic heterocycles. The highest BCUT2D eigenvalue weighted by Gasteiger charge is 2.24. The lowest BCUT2D eigenvalue weighted by Gasteiger charge is -2.25. The van der Waals surface area contributed by atoms with Crippen molar-refractivity contribution in [2.24, 2.45) is 10.4 Å². The van der Waals surface area contributed by atoms with Crippen LogP contribution in [-0.4, -0.2) is 12.5 Å². The maximum Gasteiger partial charge on any atom is 0.204 e. The summed E-state index contributed by atoms with van der Waals surface area (Å²) in [5.74, 6) is 1.24. The van der Waals surface area contributed by atoms with Crippen molar-refractivity contribution < 1.29 is 4.74 Å². The summed E-state index contributed by atoms with van der Waals surface area (Å²) >= 11 is 5.32. The molecule has 1 aliphatic carbocycles. The van der Waals surface area contributed by atoms with Gasteiger partial charge in [0.15, 0.2) is 0 Å². The second-order valence-electron chi connectivity index (χ2n) is 2.48. The number of hydrogen-bond acceptors (Lipinski definition) is 2. The van der Waals surface area contributed by atoms with E-state index in [-0.39, 0.29) is 0 Å². The molecule has 0 unspecified atom stereocenters. The van der Waals surface area contributed by atoms with Crippen LogP contribution in [-0.2, 0) is 4.74 Å². The molecule has 0 bridgehead atoms. The van der Waals surface area contributed by atoms with Gasteiger partial charge in [0.1, 0.15) is 0 Å². The van der Waals surface area contributed by atoms with E-state index in [2.05, 4.69) is 4.51 Å². The molecule has 0 radical (unpaired) electrons. The zero-order chi connectivity index (χ0) is 7.40. The summed E-state index contributed by atoms with van der Waals surface area (Å²) in [5, 5.41) is 0. The van der Waals surface area contributed by atoms with E-state index in [4.69, 9.17) is 16.5 Å². The lowest BCUT2D eigenvalue weighted by Crippen LogP contribution is -2.23. The van der Waals surface area contributed by atoms with Gasteiger partial charge in [-0.05, 0) is 19.8 Å². The van der Waals surface area contributed by atoms with Gasteiger partial charge >= 0.3 is 0 Å². The maximum atomic E-state index is 5.32. The van der Waals surface area contributed by atoms with Gasteiger partial charge in [0.05, 0.1) is 6.61 Å². The first-order chi connectivity index (χ1) is 4.88. The van der Waals surface area contributed by atoms with Crippen molar-refractivity contribution in [3.63, 3.8) is 0 Å². The molecule has 0 atom stereocenters. The van der Waals surface area contributed by atoms with Gasteiger partial charge in [-0.25, -0.2) is 0 Å². The molecule has 0 saturated heterocycles. The van der Waals surface area contributed by atoms with Crippen LogP contribution in [0.3, 0.4) is 0 Å². The molecule has 1 rings (SSSR count). The number of halogens is 1. The third kappa shape index (κ3) is 1.63. The normalized spacial score (nSPS) is 20.4. The van der Waals surface area contributed by atoms with Gasteiger partial charge in [0, 0.05) is 17.7 Å². The molecule has 0 amide bonds. The predicted octanol–water partition coefficient (Wildman–Crippen LogP) is 2.38. The second kappa shape index (κ2) is 3.81. The Morgan fingerprint density at radius 2 is 2.40 bits per heavy atom. The fourth-order valence-electron chi connectivity index (χ4n) is 1.01. The molecule has 2 nitrogen and oxygen atoms in total. The van der Waals surface area contributed by atoms with E-state index < -0.39 is 0 Å². The molecule has 3 heteroatoms. The average Bonchev–Trinajstić information content (AvgIpc) is 1.83. The van der Waals surface area contributed by atoms with Crippen LogP contribution >= 0.6 is 11.8 Å². The summed E-state index contributed by atoms with van der Waals surface area (Å²) in [5.41, 5.74) is 0. The van der Waals surface area contributed by atoms with E-state index in [1.54, 1.807) is 0 Å². The molecule has 0 spiro atoms. The highest BCUT2D eigenvalue weighted by atomic mass is 35.5. The van der Waals surface area contributed by atoms with Crippen LogP contribution in [0.1, 0.15) is 26.2 Å². The van der Waals surface area contributed by atoms with Gasteiger partial charge in [-0.1, -0.05) is 6.42 Å². The highest BCUT2D eigenvalue weighted by molar-refractivity contribution is 6.19. The van der Waals surface area contributed by atoms with Gasteiger partial charge < -0.3 is 4.74 Å². The third-order valence-corrected chi connectivity index (χ3v) is 2.00. The van der Waals surface area contributed by atoms with Crippen LogP contribution in [0, 0.1) is 5.92 Å². The Hall–Kier alpha value is -0.240. The van der Waals surface area contributed by atoms with Crippen LogP contribution in [0.15, 0.2) is 4.51 Å². The Labute approximate surface area is 66.3 Å². The fraction of sp³-hybridized carbons (Fsp3) is 0.857. The Bertz CT molecular complexity index is 132. The van der Waals surface area contributed by atoms with Crippen molar-refractivity contribution in [3.05, 3.63) is 0 Å². The van der Waals surface area contributed by atoms with Gasteiger partial charge in [0.25, 0.3) is 0 Å². The van der Waals surface area contributed by atoms with Gasteiger partial charge in [-0.15, -0.1) is 4.51 Å². The van der Waals surface area contributed by atoms with E-state index >= 15 is 0 Å². The van der Waals surface area contributed by atoms with Gasteiger partial charge in [-0.2, -0.15) is 0 Å². The molecule has 0 heterocycles. The molecular weight excluding hydrogens is 150 g/mol. The first-order valence-electron chi connectivity index (χ1n) is 3.70. The quantitative estimate of drug-likeness (QED) is 0.450. The van der Waals surface area contributed by atoms with Crippen molar-refractivity contribution >= 4 is 17.7 Å². The smallest absolute Gasteiger partial charge is 0.204 e. The summed E-state index contributed by atoms with van der Waals surface area (Å²) in [6.07, 6.45) is 3.66. The summed E-state index contributed by atoms with van der Waals surface area (Å²) in [6, 6.07) is 0. The minimum Gasteiger partial charge on any atom is -0.480 e. The number of ether oxygens (including phenoxy) is 1. The van der Waals surface area contributed by atoms with Crippen LogP contribution in [0.4, 0.5) is 0 Å². The van der Waals surface area contributed by atoms with Crippen molar-refractivity contribution in [3.8, 4) is 0 Å². The van der Waals surface area contributed by atoms with Crippen molar-refractivity contribution in [2.45, 2.75) is 26.2 Å². The molecule has 0 aromatic carbocycles. The van der Waals surface area contributed by atoms with Crippen LogP contribution in [0.25, 0.3) is 0 Å². The minimum atomic E-state index is 0.512. The molecule has 1 fully saturated rings. The van der Waals surface area contributed by atoms with Gasteiger partial charge in [0.2, 0.25) is 5.90 Å². The minimum absolute atomic E-state index is 0.512. The Kier molecular flexibility index (Phi) is 3.00. The zero-order valence-corrected chi connectivity index (χ0v) is 6.90. The summed E-state index contributed by atoms with van der Waals surface area (Å²) in [7, 11) is 0. The largest absolute Gasteiger partial charge is 0.480 e. The molecule has 1 aliphatic rings. The van der Waals surface area contributed by atoms with Crippen LogP contribution in [0.5, 0.6) is 0 Å². The van der Waals surface area contributed by atoms with Gasteiger partial charge in [-0.3, -0.25) is 0 Å². The van der Waals surface area contributed by atoms with Crippen LogP contribution in [0.2, 0.25) is 0 Å². The molecule has 58 valence electrons. The Morgan fingerprint density at radius 1 is 1.70 bits per heavy atom. The van der Waals surface area contributed by atoms with E-state index in [9.17, 15) is 0 Å². The van der Waals surface area contributed by atoms with Crippen molar-refractivity contribution in [2.75, 3.05) is 6.61 Å². The van der Waals surface area contributed by atoms with E-state index in [1.807, 2.05) is 6.92 Å². The second-order valence-corrected chi connectivity index (χ2v) is 2.65. The Balaban J connectivity index is 2.32. The first kappa shape index (κ1) is 7.86. The monoisotopic (exact) mass is 161 g/mol. The van der Waals surface area contributed by atoms with Crippen molar-refractivity contribution in [1.29, 1.82) is 0 Å². The lowest BCUT2D eigenvalue weighted by atomic mass is 9.85. The molecule has 10 heavy (non-hydrogen) atoms. The number of rotatable bonds is 2. The summed E-state index contributed by atoms with van der Waals surface area (Å²) in [4.78, 5) is 0. The zero-order valence-electron chi connectivity index (χ0n) is 6.14. The lowest BCUT2D eigenvalue weighted by molar-refractivity contribution is 0.265. The SMILES string of the molecule is CCO/C(=N\Cl)C1CCC1. The molecule has 0 aromatic rings. The number of nitrogens with zero attached hydrogens (tertiary/aromatic N) is 1. The van der Waals surface area contributed by atoms with Crippen molar-refractivity contribution in [1.82, 2.24) is 0 Å². The predicted molar refractivity (Wildman–Crippen MR) is 42.3 cm³/mol. The molecule has 0 N–H and O–H groups in total. The fourth-order valence-corrected chi connectivity index (χ4v) is 1.20. The molecule has 1 saturated carbocycles. The first-order valence-corrected chi connectivity index (χ1v) is 4.04. The van der Waals surface area contributed by atoms with E-state index in [0.29, 0.717) is 12.5 Å². The summed E-state index contributed by atoms with van der Waals surface area (Å²) < 4.78 is 8.78. The average molecular weight is 162 g/mol. The molecular formula is C7H12ClNO. The molecule has 0 aromatic heterocycles. The standard InChI is InChI=1S/C7H12ClNO/c1-2-10-7(9-8)6-4-3-5-6/h6H,2-5H2,1H3/b9-7-. The topological polar surface area (TPSA) is 21.6 Å². The number of hydrogen-bond donors (Lipinski definition) is 0. The van der Waals surface area contributed by atoms with Crippen LogP contribution < -0.4 is 0 Å². The summed E-state index contributed by atoms with van der Waals surface area (Å²) in [6.45, 7) is 2.61. The highest BCUT2D eigenvalue weighted by Crippen LogP contribution is 2.28. The third-order valence-electron chi connectivity index (χ3n) is 1.83. The van der Waals surface area contributed by atoms with E-state index in [0.717, 1.165) is 5.90 Å². The Morgan fingerprint density at radius 3 is 2.70 bits per heavy atom. The van der Waals surface area contributed by atoms with E-state index in [1.165, 1.54) is 19.3 Å². The maximum absolute atomic E-state index is 5.32.